The summed E-state index contributed by atoms with van der Waals surface area (Å²) in [7, 11) is -3.32. The molecule has 1 heterocycles. The fourth-order valence-electron chi connectivity index (χ4n) is 2.70. The number of hydrogen-bond donors (Lipinski definition) is 2. The average Bonchev–Trinajstić information content (AvgIpc) is 2.93. The number of sulfonamides is 1. The van der Waals surface area contributed by atoms with Gasteiger partial charge in [0, 0.05) is 13.1 Å². The van der Waals surface area contributed by atoms with Gasteiger partial charge in [0.2, 0.25) is 10.0 Å². The van der Waals surface area contributed by atoms with Crippen molar-refractivity contribution in [1.82, 2.24) is 9.62 Å². The number of aliphatic hydroxyl groups is 1. The maximum absolute atomic E-state index is 12.1. The molecule has 2 rings (SSSR count). The second-order valence-electron chi connectivity index (χ2n) is 5.63. The zero-order valence-electron chi connectivity index (χ0n) is 12.5. The minimum atomic E-state index is -3.32. The molecule has 1 atom stereocenters. The highest BCUT2D eigenvalue weighted by molar-refractivity contribution is 7.88. The van der Waals surface area contributed by atoms with Gasteiger partial charge in [-0.2, -0.15) is 0 Å². The quantitative estimate of drug-likeness (QED) is 0.786. The lowest BCUT2D eigenvalue weighted by atomic mass is 10.1. The van der Waals surface area contributed by atoms with Crippen LogP contribution in [0.5, 0.6) is 0 Å². The van der Waals surface area contributed by atoms with Crippen molar-refractivity contribution in [1.29, 1.82) is 0 Å². The van der Waals surface area contributed by atoms with Crippen molar-refractivity contribution < 1.29 is 13.5 Å². The number of nitrogens with one attached hydrogen (secondary N) is 1. The molecule has 0 radical (unpaired) electrons. The predicted octanol–water partition coefficient (Wildman–Crippen LogP) is 0.940. The largest absolute Gasteiger partial charge is 0.392 e. The molecule has 1 aliphatic rings. The van der Waals surface area contributed by atoms with Crippen LogP contribution in [-0.4, -0.2) is 44.6 Å². The molecule has 0 spiro atoms. The second kappa shape index (κ2) is 7.35. The van der Waals surface area contributed by atoms with Crippen LogP contribution in [0.4, 0.5) is 0 Å². The Morgan fingerprint density at radius 1 is 1.38 bits per heavy atom. The van der Waals surface area contributed by atoms with Crippen LogP contribution in [0.1, 0.15) is 24.5 Å². The monoisotopic (exact) mass is 312 g/mol. The third kappa shape index (κ3) is 5.07. The molecule has 1 fully saturated rings. The topological polar surface area (TPSA) is 69.6 Å². The van der Waals surface area contributed by atoms with E-state index in [1.807, 2.05) is 0 Å². The Morgan fingerprint density at radius 2 is 2.14 bits per heavy atom. The van der Waals surface area contributed by atoms with Crippen LogP contribution in [0, 0.1) is 5.92 Å². The molecular weight excluding hydrogens is 288 g/mol. The first-order chi connectivity index (χ1) is 10.0. The van der Waals surface area contributed by atoms with Crippen molar-refractivity contribution in [3.05, 3.63) is 35.4 Å². The molecule has 0 aromatic heterocycles. The molecule has 1 aromatic rings. The molecule has 0 bridgehead atoms. The molecule has 6 heteroatoms. The van der Waals surface area contributed by atoms with Crippen LogP contribution in [-0.2, 0) is 22.4 Å². The first kappa shape index (κ1) is 16.4. The summed E-state index contributed by atoms with van der Waals surface area (Å²) in [6.45, 7) is 5.62. The summed E-state index contributed by atoms with van der Waals surface area (Å²) in [6, 6.07) is 7.05. The Hall–Kier alpha value is -0.950. The molecule has 0 saturated carbocycles. The van der Waals surface area contributed by atoms with Crippen molar-refractivity contribution in [2.75, 3.05) is 26.2 Å². The maximum Gasteiger partial charge on any atom is 0.215 e. The lowest BCUT2D eigenvalue weighted by molar-refractivity contribution is 0.282. The summed E-state index contributed by atoms with van der Waals surface area (Å²) in [6.07, 6.45) is 1.05. The van der Waals surface area contributed by atoms with Gasteiger partial charge in [0.1, 0.15) is 0 Å². The van der Waals surface area contributed by atoms with Gasteiger partial charge < -0.3 is 10.0 Å². The van der Waals surface area contributed by atoms with Gasteiger partial charge in [-0.1, -0.05) is 31.2 Å². The van der Waals surface area contributed by atoms with E-state index in [1.54, 1.807) is 24.3 Å². The van der Waals surface area contributed by atoms with Crippen molar-refractivity contribution in [2.45, 2.75) is 25.7 Å². The van der Waals surface area contributed by atoms with E-state index < -0.39 is 10.0 Å². The van der Waals surface area contributed by atoms with E-state index in [1.165, 1.54) is 0 Å². The molecule has 21 heavy (non-hydrogen) atoms. The number of nitrogens with zero attached hydrogens (tertiary/aromatic N) is 1. The summed E-state index contributed by atoms with van der Waals surface area (Å²) in [5.41, 5.74) is 1.44. The summed E-state index contributed by atoms with van der Waals surface area (Å²) in [5.74, 6) is 0.369. The van der Waals surface area contributed by atoms with Crippen molar-refractivity contribution in [3.8, 4) is 0 Å². The Balaban J connectivity index is 1.87. The Kier molecular flexibility index (Phi) is 5.75. The van der Waals surface area contributed by atoms with Gasteiger partial charge in [-0.25, -0.2) is 13.1 Å². The molecule has 0 amide bonds. The molecule has 2 N–H and O–H groups in total. The predicted molar refractivity (Wildman–Crippen MR) is 83.2 cm³/mol. The zero-order chi connectivity index (χ0) is 15.3. The summed E-state index contributed by atoms with van der Waals surface area (Å²) < 4.78 is 27.0. The van der Waals surface area contributed by atoms with Gasteiger partial charge in [-0.05, 0) is 36.6 Å². The Labute approximate surface area is 127 Å². The second-order valence-corrected chi connectivity index (χ2v) is 7.44. The van der Waals surface area contributed by atoms with E-state index in [0.29, 0.717) is 18.0 Å². The molecule has 0 aliphatic carbocycles. The normalized spacial score (nSPS) is 20.0. The highest BCUT2D eigenvalue weighted by Crippen LogP contribution is 2.15. The summed E-state index contributed by atoms with van der Waals surface area (Å²) in [4.78, 5) is 2.34. The number of hydrogen-bond acceptors (Lipinski definition) is 4. The maximum atomic E-state index is 12.1. The van der Waals surface area contributed by atoms with Gasteiger partial charge in [-0.15, -0.1) is 0 Å². The molecule has 1 saturated heterocycles. The molecular formula is C15H24N2O3S. The molecule has 5 nitrogen and oxygen atoms in total. The summed E-state index contributed by atoms with van der Waals surface area (Å²) >= 11 is 0. The van der Waals surface area contributed by atoms with Gasteiger partial charge >= 0.3 is 0 Å². The third-order valence-electron chi connectivity index (χ3n) is 3.94. The van der Waals surface area contributed by atoms with Gasteiger partial charge in [-0.3, -0.25) is 0 Å². The summed E-state index contributed by atoms with van der Waals surface area (Å²) in [5, 5.41) is 9.09. The highest BCUT2D eigenvalue weighted by Gasteiger charge is 2.22. The van der Waals surface area contributed by atoms with Crippen LogP contribution < -0.4 is 4.72 Å². The van der Waals surface area contributed by atoms with Crippen LogP contribution >= 0.6 is 0 Å². The minimum Gasteiger partial charge on any atom is -0.392 e. The van der Waals surface area contributed by atoms with E-state index in [0.717, 1.165) is 31.6 Å². The lowest BCUT2D eigenvalue weighted by Gasteiger charge is -2.14. The first-order valence-corrected chi connectivity index (χ1v) is 9.06. The minimum absolute atomic E-state index is 0.0367. The standard InChI is InChI=1S/C15H24N2O3S/c1-2-17-7-6-15(10-17)9-16-21(19,20)12-14-5-3-4-13(8-14)11-18/h3-5,8,15-16,18H,2,6-7,9-12H2,1H3. The van der Waals surface area contributed by atoms with Gasteiger partial charge in [0.05, 0.1) is 12.4 Å². The van der Waals surface area contributed by atoms with Crippen LogP contribution in [0.15, 0.2) is 24.3 Å². The molecule has 118 valence electrons. The van der Waals surface area contributed by atoms with Crippen molar-refractivity contribution >= 4 is 10.0 Å². The molecule has 1 aliphatic heterocycles. The van der Waals surface area contributed by atoms with Crippen LogP contribution in [0.2, 0.25) is 0 Å². The van der Waals surface area contributed by atoms with E-state index in [9.17, 15) is 8.42 Å². The fourth-order valence-corrected chi connectivity index (χ4v) is 3.91. The zero-order valence-corrected chi connectivity index (χ0v) is 13.3. The van der Waals surface area contributed by atoms with Crippen LogP contribution in [0.25, 0.3) is 0 Å². The Bertz CT molecular complexity index is 560. The molecule has 1 unspecified atom stereocenters. The highest BCUT2D eigenvalue weighted by atomic mass is 32.2. The van der Waals surface area contributed by atoms with Crippen molar-refractivity contribution in [3.63, 3.8) is 0 Å². The SMILES string of the molecule is CCN1CCC(CNS(=O)(=O)Cc2cccc(CO)c2)C1. The smallest absolute Gasteiger partial charge is 0.215 e. The van der Waals surface area contributed by atoms with Crippen LogP contribution in [0.3, 0.4) is 0 Å². The van der Waals surface area contributed by atoms with E-state index in [4.69, 9.17) is 5.11 Å². The van der Waals surface area contributed by atoms with Gasteiger partial charge in [0.25, 0.3) is 0 Å². The molecule has 1 aromatic carbocycles. The number of aliphatic hydroxyl groups excluding tert-OH is 1. The van der Waals surface area contributed by atoms with Gasteiger partial charge in [0.15, 0.2) is 0 Å². The third-order valence-corrected chi connectivity index (χ3v) is 5.26. The number of rotatable bonds is 7. The number of benzene rings is 1. The lowest BCUT2D eigenvalue weighted by Crippen LogP contribution is -2.31. The van der Waals surface area contributed by atoms with E-state index >= 15 is 0 Å². The fraction of sp³-hybridized carbons (Fsp3) is 0.600. The Morgan fingerprint density at radius 3 is 2.81 bits per heavy atom. The van der Waals surface area contributed by atoms with E-state index in [-0.39, 0.29) is 12.4 Å². The number of likely N-dealkylation sites (tertiary alicyclic amines) is 1. The van der Waals surface area contributed by atoms with Crippen molar-refractivity contribution in [2.24, 2.45) is 5.92 Å². The first-order valence-electron chi connectivity index (χ1n) is 7.40. The van der Waals surface area contributed by atoms with E-state index in [2.05, 4.69) is 16.5 Å². The average molecular weight is 312 g/mol.